The van der Waals surface area contributed by atoms with E-state index in [9.17, 15) is 0 Å². The second kappa shape index (κ2) is 4.21. The third-order valence-corrected chi connectivity index (χ3v) is 3.23. The van der Waals surface area contributed by atoms with E-state index in [0.717, 1.165) is 11.0 Å². The summed E-state index contributed by atoms with van der Waals surface area (Å²) >= 11 is 5.98. The predicted molar refractivity (Wildman–Crippen MR) is 74.3 cm³/mol. The molecule has 7 heteroatoms. The highest BCUT2D eigenvalue weighted by Crippen LogP contribution is 2.20. The molecular weight excluding hydrogens is 276 g/mol. The van der Waals surface area contributed by atoms with Crippen molar-refractivity contribution in [3.05, 3.63) is 48.0 Å². The summed E-state index contributed by atoms with van der Waals surface area (Å²) in [6.45, 7) is 0. The average molecular weight is 283 g/mol. The molecule has 0 bridgehead atoms. The molecule has 0 unspecified atom stereocenters. The minimum Gasteiger partial charge on any atom is -0.277 e. The summed E-state index contributed by atoms with van der Waals surface area (Å²) < 4.78 is 1.74. The molecule has 0 saturated heterocycles. The molecule has 0 aliphatic carbocycles. The number of nitrogens with zero attached hydrogens (tertiary/aromatic N) is 6. The maximum absolute atomic E-state index is 5.98. The van der Waals surface area contributed by atoms with Gasteiger partial charge in [0.25, 0.3) is 0 Å². The third-order valence-electron chi connectivity index (χ3n) is 2.96. The Balaban J connectivity index is 1.99. The summed E-state index contributed by atoms with van der Waals surface area (Å²) in [5, 5.41) is 8.45. The number of halogens is 1. The van der Waals surface area contributed by atoms with Crippen molar-refractivity contribution in [1.29, 1.82) is 0 Å². The first-order valence-corrected chi connectivity index (χ1v) is 6.28. The van der Waals surface area contributed by atoms with Gasteiger partial charge in [-0.15, -0.1) is 10.2 Å². The minimum absolute atomic E-state index is 0.306. The van der Waals surface area contributed by atoms with Gasteiger partial charge in [-0.1, -0.05) is 23.7 Å². The minimum atomic E-state index is 0.306. The van der Waals surface area contributed by atoms with E-state index in [1.165, 1.54) is 0 Å². The van der Waals surface area contributed by atoms with Crippen LogP contribution in [0.15, 0.2) is 42.9 Å². The van der Waals surface area contributed by atoms with Crippen LogP contribution >= 0.6 is 11.6 Å². The van der Waals surface area contributed by atoms with Crippen molar-refractivity contribution in [3.8, 4) is 11.5 Å². The summed E-state index contributed by atoms with van der Waals surface area (Å²) in [5.74, 6) is 0.586. The van der Waals surface area contributed by atoms with Crippen molar-refractivity contribution >= 4 is 28.3 Å². The quantitative estimate of drug-likeness (QED) is 0.536. The lowest BCUT2D eigenvalue weighted by Gasteiger charge is -2.01. The molecule has 96 valence electrons. The van der Waals surface area contributed by atoms with Gasteiger partial charge in [0, 0.05) is 12.4 Å². The van der Waals surface area contributed by atoms with Gasteiger partial charge in [-0.25, -0.2) is 9.97 Å². The summed E-state index contributed by atoms with van der Waals surface area (Å²) in [6.07, 6.45) is 5.01. The molecule has 0 aliphatic heterocycles. The average Bonchev–Trinajstić information content (AvgIpc) is 2.92. The van der Waals surface area contributed by atoms with E-state index in [2.05, 4.69) is 25.1 Å². The zero-order valence-electron chi connectivity index (χ0n) is 10.1. The van der Waals surface area contributed by atoms with Gasteiger partial charge in [-0.05, 0) is 12.1 Å². The van der Waals surface area contributed by atoms with Crippen molar-refractivity contribution in [1.82, 2.24) is 29.5 Å². The van der Waals surface area contributed by atoms with E-state index in [4.69, 9.17) is 11.6 Å². The van der Waals surface area contributed by atoms with Crippen molar-refractivity contribution in [3.63, 3.8) is 0 Å². The molecule has 0 atom stereocenters. The van der Waals surface area contributed by atoms with Crippen LogP contribution in [0.4, 0.5) is 0 Å². The van der Waals surface area contributed by atoms with E-state index in [1.54, 1.807) is 23.0 Å². The van der Waals surface area contributed by atoms with Gasteiger partial charge in [-0.3, -0.25) is 9.38 Å². The highest BCUT2D eigenvalue weighted by atomic mass is 35.5. The van der Waals surface area contributed by atoms with Gasteiger partial charge in [0.1, 0.15) is 5.69 Å². The SMILES string of the molecule is Clc1nccn2c(-c3cnc4ccccc4n3)nnc12. The van der Waals surface area contributed by atoms with E-state index >= 15 is 0 Å². The molecule has 4 rings (SSSR count). The Morgan fingerprint density at radius 2 is 1.85 bits per heavy atom. The topological polar surface area (TPSA) is 68.9 Å². The Morgan fingerprint density at radius 3 is 2.75 bits per heavy atom. The summed E-state index contributed by atoms with van der Waals surface area (Å²) in [4.78, 5) is 12.9. The molecule has 0 amide bonds. The number of rotatable bonds is 1. The molecule has 0 N–H and O–H groups in total. The molecule has 4 aromatic rings. The maximum atomic E-state index is 5.98. The van der Waals surface area contributed by atoms with Crippen molar-refractivity contribution in [2.75, 3.05) is 0 Å². The largest absolute Gasteiger partial charge is 0.277 e. The molecule has 0 fully saturated rings. The van der Waals surface area contributed by atoms with E-state index in [0.29, 0.717) is 22.3 Å². The molecule has 1 aromatic carbocycles. The number of para-hydroxylation sites is 2. The third kappa shape index (κ3) is 1.62. The summed E-state index contributed by atoms with van der Waals surface area (Å²) in [5.41, 5.74) is 2.78. The molecule has 0 aliphatic rings. The molecule has 0 spiro atoms. The standard InChI is InChI=1S/C13H7ClN6/c14-11-13-19-18-12(20(13)6-5-15-11)10-7-16-8-3-1-2-4-9(8)17-10/h1-7H. The normalized spacial score (nSPS) is 11.2. The first-order chi connectivity index (χ1) is 9.83. The van der Waals surface area contributed by atoms with Gasteiger partial charge in [-0.2, -0.15) is 0 Å². The molecule has 20 heavy (non-hydrogen) atoms. The Hall–Kier alpha value is -2.60. The second-order valence-electron chi connectivity index (χ2n) is 4.18. The molecule has 3 aromatic heterocycles. The van der Waals surface area contributed by atoms with Gasteiger partial charge in [0.15, 0.2) is 16.6 Å². The predicted octanol–water partition coefficient (Wildman–Crippen LogP) is 2.39. The van der Waals surface area contributed by atoms with Crippen LogP contribution in [0.5, 0.6) is 0 Å². The van der Waals surface area contributed by atoms with Crippen LogP contribution in [0.1, 0.15) is 0 Å². The van der Waals surface area contributed by atoms with Crippen LogP contribution < -0.4 is 0 Å². The number of hydrogen-bond acceptors (Lipinski definition) is 5. The summed E-state index contributed by atoms with van der Waals surface area (Å²) in [6, 6.07) is 7.66. The maximum Gasteiger partial charge on any atom is 0.198 e. The Kier molecular flexibility index (Phi) is 2.37. The van der Waals surface area contributed by atoms with Gasteiger partial charge in [0.2, 0.25) is 0 Å². The van der Waals surface area contributed by atoms with Gasteiger partial charge >= 0.3 is 0 Å². The highest BCUT2D eigenvalue weighted by molar-refractivity contribution is 6.32. The number of hydrogen-bond donors (Lipinski definition) is 0. The van der Waals surface area contributed by atoms with E-state index < -0.39 is 0 Å². The Bertz CT molecular complexity index is 932. The van der Waals surface area contributed by atoms with Crippen LogP contribution in [0, 0.1) is 0 Å². The summed E-state index contributed by atoms with van der Waals surface area (Å²) in [7, 11) is 0. The van der Waals surface area contributed by atoms with Crippen molar-refractivity contribution in [2.45, 2.75) is 0 Å². The number of benzene rings is 1. The Labute approximate surface area is 118 Å². The van der Waals surface area contributed by atoms with Crippen LogP contribution in [0.25, 0.3) is 28.2 Å². The second-order valence-corrected chi connectivity index (χ2v) is 4.54. The molecule has 0 saturated carbocycles. The molecule has 3 heterocycles. The molecular formula is C13H7ClN6. The lowest BCUT2D eigenvalue weighted by molar-refractivity contribution is 1.08. The Morgan fingerprint density at radius 1 is 1.00 bits per heavy atom. The monoisotopic (exact) mass is 282 g/mol. The first kappa shape index (κ1) is 11.2. The fourth-order valence-electron chi connectivity index (χ4n) is 2.04. The van der Waals surface area contributed by atoms with Crippen LogP contribution in [-0.2, 0) is 0 Å². The highest BCUT2D eigenvalue weighted by Gasteiger charge is 2.12. The zero-order valence-corrected chi connectivity index (χ0v) is 10.9. The van der Waals surface area contributed by atoms with E-state index in [-0.39, 0.29) is 0 Å². The van der Waals surface area contributed by atoms with Crippen molar-refractivity contribution < 1.29 is 0 Å². The first-order valence-electron chi connectivity index (χ1n) is 5.90. The van der Waals surface area contributed by atoms with Crippen LogP contribution in [0.2, 0.25) is 5.15 Å². The lowest BCUT2D eigenvalue weighted by atomic mass is 10.3. The van der Waals surface area contributed by atoms with Gasteiger partial charge in [0.05, 0.1) is 17.2 Å². The van der Waals surface area contributed by atoms with E-state index in [1.807, 2.05) is 24.3 Å². The van der Waals surface area contributed by atoms with Crippen molar-refractivity contribution in [2.24, 2.45) is 0 Å². The van der Waals surface area contributed by atoms with Gasteiger partial charge < -0.3 is 0 Å². The van der Waals surface area contributed by atoms with Crippen LogP contribution in [-0.4, -0.2) is 29.5 Å². The number of aromatic nitrogens is 6. The zero-order chi connectivity index (χ0) is 13.5. The fraction of sp³-hybridized carbons (Fsp3) is 0. The number of fused-ring (bicyclic) bond motifs is 2. The smallest absolute Gasteiger partial charge is 0.198 e. The molecule has 0 radical (unpaired) electrons. The lowest BCUT2D eigenvalue weighted by Crippen LogP contribution is -1.94. The van der Waals surface area contributed by atoms with Crippen LogP contribution in [0.3, 0.4) is 0 Å². The fourth-order valence-corrected chi connectivity index (χ4v) is 2.22. The molecule has 6 nitrogen and oxygen atoms in total.